The van der Waals surface area contributed by atoms with E-state index in [4.69, 9.17) is 9.47 Å². The molecule has 94 valence electrons. The zero-order valence-electron chi connectivity index (χ0n) is 10.1. The van der Waals surface area contributed by atoms with Crippen molar-refractivity contribution in [3.63, 3.8) is 0 Å². The molecule has 1 aliphatic rings. The number of rotatable bonds is 5. The van der Waals surface area contributed by atoms with Crippen LogP contribution in [-0.4, -0.2) is 39.1 Å². The van der Waals surface area contributed by atoms with Crippen LogP contribution in [0.15, 0.2) is 0 Å². The summed E-state index contributed by atoms with van der Waals surface area (Å²) < 4.78 is 9.95. The Kier molecular flexibility index (Phi) is 6.18. The first kappa shape index (κ1) is 13.3. The maximum absolute atomic E-state index is 11.5. The summed E-state index contributed by atoms with van der Waals surface area (Å²) in [5.74, 6) is 0. The highest BCUT2D eigenvalue weighted by Gasteiger charge is 2.16. The van der Waals surface area contributed by atoms with Crippen LogP contribution in [0.25, 0.3) is 0 Å². The zero-order valence-corrected chi connectivity index (χ0v) is 10.1. The Labute approximate surface area is 96.9 Å². The molecule has 1 fully saturated rings. The average molecular weight is 230 g/mol. The van der Waals surface area contributed by atoms with Crippen LogP contribution < -0.4 is 10.6 Å². The molecule has 16 heavy (non-hydrogen) atoms. The third kappa shape index (κ3) is 4.81. The number of ether oxygens (including phenoxy) is 2. The molecule has 0 aliphatic heterocycles. The molecule has 5 nitrogen and oxygen atoms in total. The number of urea groups is 1. The van der Waals surface area contributed by atoms with E-state index in [2.05, 4.69) is 10.6 Å². The van der Waals surface area contributed by atoms with Crippen LogP contribution in [0.2, 0.25) is 0 Å². The van der Waals surface area contributed by atoms with E-state index in [-0.39, 0.29) is 12.3 Å². The van der Waals surface area contributed by atoms with Gasteiger partial charge < -0.3 is 20.1 Å². The number of carbonyl (C=O) groups is 1. The predicted octanol–water partition coefficient (Wildman–Crippen LogP) is 1.24. The second-order valence-corrected chi connectivity index (χ2v) is 4.09. The molecule has 0 radical (unpaired) electrons. The van der Waals surface area contributed by atoms with E-state index in [0.29, 0.717) is 12.6 Å². The van der Waals surface area contributed by atoms with Gasteiger partial charge in [-0.3, -0.25) is 0 Å². The minimum Gasteiger partial charge on any atom is -0.354 e. The molecule has 1 aliphatic carbocycles. The highest BCUT2D eigenvalue weighted by molar-refractivity contribution is 5.74. The molecule has 0 bridgehead atoms. The summed E-state index contributed by atoms with van der Waals surface area (Å²) in [5.41, 5.74) is 0. The van der Waals surface area contributed by atoms with E-state index >= 15 is 0 Å². The number of amides is 2. The summed E-state index contributed by atoms with van der Waals surface area (Å²) in [6, 6.07) is 0.197. The first-order valence-corrected chi connectivity index (χ1v) is 5.86. The maximum atomic E-state index is 11.5. The first-order valence-electron chi connectivity index (χ1n) is 5.86. The van der Waals surface area contributed by atoms with Crippen LogP contribution in [0, 0.1) is 0 Å². The Morgan fingerprint density at radius 2 is 1.88 bits per heavy atom. The second kappa shape index (κ2) is 7.46. The third-order valence-electron chi connectivity index (χ3n) is 2.90. The number of carbonyl (C=O) groups excluding carboxylic acids is 1. The Hall–Kier alpha value is -0.810. The molecule has 2 N–H and O–H groups in total. The van der Waals surface area contributed by atoms with Gasteiger partial charge in [0, 0.05) is 20.3 Å². The molecule has 0 atom stereocenters. The van der Waals surface area contributed by atoms with Gasteiger partial charge in [0.1, 0.15) is 0 Å². The van der Waals surface area contributed by atoms with Crippen LogP contribution in [0.1, 0.15) is 32.1 Å². The Morgan fingerprint density at radius 3 is 2.44 bits per heavy atom. The lowest BCUT2D eigenvalue weighted by Gasteiger charge is -2.23. The number of methoxy groups -OCH3 is 2. The topological polar surface area (TPSA) is 59.6 Å². The van der Waals surface area contributed by atoms with Crippen LogP contribution in [0.4, 0.5) is 4.79 Å². The maximum Gasteiger partial charge on any atom is 0.315 e. The van der Waals surface area contributed by atoms with E-state index in [0.717, 1.165) is 12.8 Å². The van der Waals surface area contributed by atoms with Crippen molar-refractivity contribution >= 4 is 6.03 Å². The molecule has 1 saturated carbocycles. The van der Waals surface area contributed by atoms with Gasteiger partial charge in [-0.25, -0.2) is 4.79 Å². The summed E-state index contributed by atoms with van der Waals surface area (Å²) in [4.78, 5) is 11.5. The quantitative estimate of drug-likeness (QED) is 0.698. The number of hydrogen-bond donors (Lipinski definition) is 2. The Balaban J connectivity index is 2.14. The van der Waals surface area contributed by atoms with E-state index in [9.17, 15) is 4.79 Å². The summed E-state index contributed by atoms with van der Waals surface area (Å²) >= 11 is 0. The summed E-state index contributed by atoms with van der Waals surface area (Å²) in [7, 11) is 3.10. The van der Waals surface area contributed by atoms with Gasteiger partial charge in [0.2, 0.25) is 0 Å². The van der Waals surface area contributed by atoms with Crippen LogP contribution in [0.3, 0.4) is 0 Å². The van der Waals surface area contributed by atoms with E-state index in [1.165, 1.54) is 19.3 Å². The van der Waals surface area contributed by atoms with Crippen molar-refractivity contribution in [3.05, 3.63) is 0 Å². The molecule has 0 unspecified atom stereocenters. The van der Waals surface area contributed by atoms with E-state index in [1.807, 2.05) is 0 Å². The largest absolute Gasteiger partial charge is 0.354 e. The van der Waals surface area contributed by atoms with Gasteiger partial charge >= 0.3 is 6.03 Å². The number of hydrogen-bond acceptors (Lipinski definition) is 3. The summed E-state index contributed by atoms with van der Waals surface area (Å²) in [5, 5.41) is 5.69. The SMILES string of the molecule is COC(CNC(=O)NC1CCCCC1)OC. The first-order chi connectivity index (χ1) is 7.76. The van der Waals surface area contributed by atoms with Crippen molar-refractivity contribution in [2.75, 3.05) is 20.8 Å². The van der Waals surface area contributed by atoms with Crippen molar-refractivity contribution in [2.24, 2.45) is 0 Å². The van der Waals surface area contributed by atoms with Crippen LogP contribution in [-0.2, 0) is 9.47 Å². The minimum absolute atomic E-state index is 0.133. The summed E-state index contributed by atoms with van der Waals surface area (Å²) in [6.45, 7) is 0.367. The second-order valence-electron chi connectivity index (χ2n) is 4.09. The lowest BCUT2D eigenvalue weighted by Crippen LogP contribution is -2.45. The molecule has 0 aromatic carbocycles. The van der Waals surface area contributed by atoms with E-state index in [1.54, 1.807) is 14.2 Å². The van der Waals surface area contributed by atoms with E-state index < -0.39 is 0 Å². The van der Waals surface area contributed by atoms with Crippen molar-refractivity contribution in [1.82, 2.24) is 10.6 Å². The monoisotopic (exact) mass is 230 g/mol. The van der Waals surface area contributed by atoms with Gasteiger partial charge in [-0.2, -0.15) is 0 Å². The molecular formula is C11H22N2O3. The van der Waals surface area contributed by atoms with Gasteiger partial charge in [-0.05, 0) is 12.8 Å². The van der Waals surface area contributed by atoms with Crippen molar-refractivity contribution in [1.29, 1.82) is 0 Å². The highest BCUT2D eigenvalue weighted by atomic mass is 16.7. The zero-order chi connectivity index (χ0) is 11.8. The molecule has 0 saturated heterocycles. The smallest absolute Gasteiger partial charge is 0.315 e. The van der Waals surface area contributed by atoms with Gasteiger partial charge in [0.15, 0.2) is 6.29 Å². The van der Waals surface area contributed by atoms with Crippen LogP contribution in [0.5, 0.6) is 0 Å². The lowest BCUT2D eigenvalue weighted by atomic mass is 9.96. The van der Waals surface area contributed by atoms with Crippen LogP contribution >= 0.6 is 0 Å². The fourth-order valence-corrected chi connectivity index (χ4v) is 1.92. The fraction of sp³-hybridized carbons (Fsp3) is 0.909. The van der Waals surface area contributed by atoms with Crippen molar-refractivity contribution in [3.8, 4) is 0 Å². The van der Waals surface area contributed by atoms with Gasteiger partial charge in [-0.1, -0.05) is 19.3 Å². The number of nitrogens with one attached hydrogen (secondary N) is 2. The molecule has 0 aromatic heterocycles. The fourth-order valence-electron chi connectivity index (χ4n) is 1.92. The molecular weight excluding hydrogens is 208 g/mol. The highest BCUT2D eigenvalue weighted by Crippen LogP contribution is 2.16. The molecule has 1 rings (SSSR count). The van der Waals surface area contributed by atoms with Crippen molar-refractivity contribution < 1.29 is 14.3 Å². The molecule has 0 spiro atoms. The normalized spacial score (nSPS) is 17.4. The van der Waals surface area contributed by atoms with Gasteiger partial charge in [-0.15, -0.1) is 0 Å². The molecule has 5 heteroatoms. The summed E-state index contributed by atoms with van der Waals surface area (Å²) in [6.07, 6.45) is 5.51. The molecule has 0 heterocycles. The minimum atomic E-state index is -0.378. The standard InChI is InChI=1S/C11H22N2O3/c1-15-10(16-2)8-12-11(14)13-9-6-4-3-5-7-9/h9-10H,3-8H2,1-2H3,(H2,12,13,14). The Morgan fingerprint density at radius 1 is 1.25 bits per heavy atom. The third-order valence-corrected chi connectivity index (χ3v) is 2.90. The Bertz CT molecular complexity index is 201. The molecule has 2 amide bonds. The average Bonchev–Trinajstić information content (AvgIpc) is 2.31. The van der Waals surface area contributed by atoms with Gasteiger partial charge in [0.25, 0.3) is 0 Å². The predicted molar refractivity (Wildman–Crippen MR) is 61.2 cm³/mol. The molecule has 0 aromatic rings. The van der Waals surface area contributed by atoms with Gasteiger partial charge in [0.05, 0.1) is 6.54 Å². The van der Waals surface area contributed by atoms with Crippen molar-refractivity contribution in [2.45, 2.75) is 44.4 Å². The lowest BCUT2D eigenvalue weighted by molar-refractivity contribution is -0.0972.